The third-order valence-corrected chi connectivity index (χ3v) is 5.42. The molecule has 7 nitrogen and oxygen atoms in total. The molecule has 1 fully saturated rings. The Morgan fingerprint density at radius 2 is 1.79 bits per heavy atom. The number of nitrogens with one attached hydrogen (secondary N) is 1. The number of amides is 2. The third-order valence-electron chi connectivity index (χ3n) is 5.42. The molecule has 2 aromatic rings. The number of carbonyl (C=O) groups is 2. The van der Waals surface area contributed by atoms with Crippen molar-refractivity contribution in [2.75, 3.05) is 18.0 Å². The van der Waals surface area contributed by atoms with E-state index in [-0.39, 0.29) is 17.9 Å². The lowest BCUT2D eigenvalue weighted by molar-refractivity contribution is -0.132. The first-order valence-electron chi connectivity index (χ1n) is 9.88. The Labute approximate surface area is 164 Å². The molecule has 1 unspecified atom stereocenters. The minimum absolute atomic E-state index is 0.00835. The summed E-state index contributed by atoms with van der Waals surface area (Å²) in [5.41, 5.74) is 2.46. The van der Waals surface area contributed by atoms with Gasteiger partial charge in [0.25, 0.3) is 0 Å². The van der Waals surface area contributed by atoms with Gasteiger partial charge in [-0.15, -0.1) is 0 Å². The summed E-state index contributed by atoms with van der Waals surface area (Å²) in [6.07, 6.45) is 6.23. The van der Waals surface area contributed by atoms with Crippen molar-refractivity contribution >= 4 is 17.8 Å². The van der Waals surface area contributed by atoms with Crippen molar-refractivity contribution in [2.45, 2.75) is 44.8 Å². The molecule has 2 amide bonds. The van der Waals surface area contributed by atoms with Crippen LogP contribution in [0.2, 0.25) is 0 Å². The van der Waals surface area contributed by atoms with Crippen LogP contribution < -0.4 is 10.2 Å². The van der Waals surface area contributed by atoms with E-state index in [0.717, 1.165) is 19.4 Å². The Kier molecular flexibility index (Phi) is 5.50. The molecule has 0 aliphatic carbocycles. The first-order chi connectivity index (χ1) is 13.7. The molecule has 3 heterocycles. The SMILES string of the molecule is O=C(NCCCC(=O)N1Cc2ccccc2C1)C1CCCN1c1ncccn1. The highest BCUT2D eigenvalue weighted by Gasteiger charge is 2.32. The van der Waals surface area contributed by atoms with E-state index in [1.54, 1.807) is 18.5 Å². The van der Waals surface area contributed by atoms with Gasteiger partial charge in [-0.3, -0.25) is 9.59 Å². The first kappa shape index (κ1) is 18.4. The van der Waals surface area contributed by atoms with Crippen molar-refractivity contribution < 1.29 is 9.59 Å². The maximum Gasteiger partial charge on any atom is 0.242 e. The van der Waals surface area contributed by atoms with Gasteiger partial charge in [0.05, 0.1) is 0 Å². The molecule has 1 aromatic carbocycles. The molecule has 0 saturated carbocycles. The minimum atomic E-state index is -0.230. The maximum absolute atomic E-state index is 12.6. The average molecular weight is 379 g/mol. The smallest absolute Gasteiger partial charge is 0.242 e. The van der Waals surface area contributed by atoms with Gasteiger partial charge in [0.15, 0.2) is 0 Å². The number of nitrogens with zero attached hydrogens (tertiary/aromatic N) is 4. The molecule has 2 aliphatic rings. The number of carbonyl (C=O) groups excluding carboxylic acids is 2. The van der Waals surface area contributed by atoms with E-state index >= 15 is 0 Å². The second-order valence-electron chi connectivity index (χ2n) is 7.31. The van der Waals surface area contributed by atoms with Crippen molar-refractivity contribution in [2.24, 2.45) is 0 Å². The quantitative estimate of drug-likeness (QED) is 0.776. The topological polar surface area (TPSA) is 78.4 Å². The fraction of sp³-hybridized carbons (Fsp3) is 0.429. The number of aromatic nitrogens is 2. The molecule has 1 N–H and O–H groups in total. The van der Waals surface area contributed by atoms with Gasteiger partial charge in [-0.1, -0.05) is 24.3 Å². The molecule has 0 radical (unpaired) electrons. The number of hydrogen-bond acceptors (Lipinski definition) is 5. The number of hydrogen-bond donors (Lipinski definition) is 1. The van der Waals surface area contributed by atoms with Gasteiger partial charge in [0.1, 0.15) is 6.04 Å². The Morgan fingerprint density at radius 1 is 1.07 bits per heavy atom. The van der Waals surface area contributed by atoms with E-state index in [1.165, 1.54) is 11.1 Å². The van der Waals surface area contributed by atoms with E-state index in [2.05, 4.69) is 27.4 Å². The Hall–Kier alpha value is -2.96. The normalized spacial score (nSPS) is 18.2. The van der Waals surface area contributed by atoms with Gasteiger partial charge >= 0.3 is 0 Å². The van der Waals surface area contributed by atoms with Crippen molar-refractivity contribution in [3.63, 3.8) is 0 Å². The second kappa shape index (κ2) is 8.37. The molecule has 1 atom stereocenters. The standard InChI is InChI=1S/C21H25N5O2/c27-19(25-14-16-6-1-2-7-17(16)15-25)9-3-10-22-20(28)18-8-4-13-26(18)21-23-11-5-12-24-21/h1-2,5-7,11-12,18H,3-4,8-10,13-15H2,(H,22,28). The lowest BCUT2D eigenvalue weighted by atomic mass is 10.1. The average Bonchev–Trinajstić information content (AvgIpc) is 3.38. The van der Waals surface area contributed by atoms with Crippen molar-refractivity contribution in [1.29, 1.82) is 0 Å². The number of benzene rings is 1. The van der Waals surface area contributed by atoms with Gasteiger partial charge in [0.2, 0.25) is 17.8 Å². The largest absolute Gasteiger partial charge is 0.354 e. The molecule has 1 saturated heterocycles. The predicted octanol–water partition coefficient (Wildman–Crippen LogP) is 1.88. The highest BCUT2D eigenvalue weighted by Crippen LogP contribution is 2.23. The Balaban J connectivity index is 1.21. The van der Waals surface area contributed by atoms with Crippen molar-refractivity contribution in [1.82, 2.24) is 20.2 Å². The zero-order valence-electron chi connectivity index (χ0n) is 15.9. The molecule has 1 aromatic heterocycles. The van der Waals surface area contributed by atoms with E-state index < -0.39 is 0 Å². The van der Waals surface area contributed by atoms with Crippen LogP contribution in [-0.4, -0.2) is 45.8 Å². The fourth-order valence-electron chi connectivity index (χ4n) is 3.95. The predicted molar refractivity (Wildman–Crippen MR) is 105 cm³/mol. The fourth-order valence-corrected chi connectivity index (χ4v) is 3.95. The van der Waals surface area contributed by atoms with E-state index in [4.69, 9.17) is 0 Å². The summed E-state index contributed by atoms with van der Waals surface area (Å²) in [5.74, 6) is 0.737. The molecule has 146 valence electrons. The highest BCUT2D eigenvalue weighted by atomic mass is 16.2. The molecule has 7 heteroatoms. The Bertz CT molecular complexity index is 817. The molecule has 0 bridgehead atoms. The van der Waals surface area contributed by atoms with Crippen LogP contribution in [0.25, 0.3) is 0 Å². The van der Waals surface area contributed by atoms with E-state index in [0.29, 0.717) is 38.4 Å². The third kappa shape index (κ3) is 3.98. The van der Waals surface area contributed by atoms with Gasteiger partial charge in [-0.05, 0) is 36.5 Å². The number of fused-ring (bicyclic) bond motifs is 1. The molecule has 4 rings (SSSR count). The van der Waals surface area contributed by atoms with E-state index in [1.807, 2.05) is 21.9 Å². The molecule has 2 aliphatic heterocycles. The van der Waals surface area contributed by atoms with Crippen molar-refractivity contribution in [3.8, 4) is 0 Å². The van der Waals surface area contributed by atoms with Gasteiger partial charge < -0.3 is 15.1 Å². The maximum atomic E-state index is 12.6. The van der Waals surface area contributed by atoms with Gasteiger partial charge in [-0.25, -0.2) is 9.97 Å². The lowest BCUT2D eigenvalue weighted by Crippen LogP contribution is -2.44. The summed E-state index contributed by atoms with van der Waals surface area (Å²) in [5, 5.41) is 2.98. The van der Waals surface area contributed by atoms with Crippen LogP contribution in [0.1, 0.15) is 36.8 Å². The number of rotatable bonds is 6. The molecular formula is C21H25N5O2. The zero-order chi connectivity index (χ0) is 19.3. The summed E-state index contributed by atoms with van der Waals surface area (Å²) >= 11 is 0. The summed E-state index contributed by atoms with van der Waals surface area (Å²) in [6, 6.07) is 9.71. The number of anilines is 1. The highest BCUT2D eigenvalue weighted by molar-refractivity contribution is 5.85. The van der Waals surface area contributed by atoms with Crippen LogP contribution in [-0.2, 0) is 22.7 Å². The zero-order valence-corrected chi connectivity index (χ0v) is 15.9. The summed E-state index contributed by atoms with van der Waals surface area (Å²) in [4.78, 5) is 37.4. The molecule has 0 spiro atoms. The summed E-state index contributed by atoms with van der Waals surface area (Å²) < 4.78 is 0. The van der Waals surface area contributed by atoms with Gasteiger partial charge in [-0.2, -0.15) is 0 Å². The second-order valence-corrected chi connectivity index (χ2v) is 7.31. The van der Waals surface area contributed by atoms with E-state index in [9.17, 15) is 9.59 Å². The monoisotopic (exact) mass is 379 g/mol. The lowest BCUT2D eigenvalue weighted by Gasteiger charge is -2.23. The van der Waals surface area contributed by atoms with Crippen LogP contribution in [0.3, 0.4) is 0 Å². The van der Waals surface area contributed by atoms with Crippen LogP contribution in [0.5, 0.6) is 0 Å². The van der Waals surface area contributed by atoms with Crippen LogP contribution in [0.15, 0.2) is 42.7 Å². The van der Waals surface area contributed by atoms with Crippen LogP contribution >= 0.6 is 0 Å². The van der Waals surface area contributed by atoms with Gasteiger partial charge in [0, 0.05) is 45.0 Å². The van der Waals surface area contributed by atoms with Crippen LogP contribution in [0.4, 0.5) is 5.95 Å². The summed E-state index contributed by atoms with van der Waals surface area (Å²) in [6.45, 7) is 2.67. The van der Waals surface area contributed by atoms with Crippen LogP contribution in [0, 0.1) is 0 Å². The summed E-state index contributed by atoms with van der Waals surface area (Å²) in [7, 11) is 0. The Morgan fingerprint density at radius 3 is 2.50 bits per heavy atom. The molecular weight excluding hydrogens is 354 g/mol. The molecule has 28 heavy (non-hydrogen) atoms. The minimum Gasteiger partial charge on any atom is -0.354 e. The first-order valence-corrected chi connectivity index (χ1v) is 9.88. The van der Waals surface area contributed by atoms with Crippen molar-refractivity contribution in [3.05, 3.63) is 53.9 Å².